The molecule has 3 rings (SSSR count). The third-order valence-electron chi connectivity index (χ3n) is 4.29. The van der Waals surface area contributed by atoms with Gasteiger partial charge in [-0.25, -0.2) is 0 Å². The molecule has 2 aromatic carbocycles. The molecule has 1 aliphatic heterocycles. The molecule has 0 spiro atoms. The Labute approximate surface area is 137 Å². The molecule has 0 radical (unpaired) electrons. The fraction of sp³-hybridized carbons (Fsp3) is 0.176. The van der Waals surface area contributed by atoms with Crippen LogP contribution in [0, 0.1) is 10.1 Å². The van der Waals surface area contributed by atoms with Gasteiger partial charge in [-0.05, 0) is 17.2 Å². The van der Waals surface area contributed by atoms with Gasteiger partial charge in [0.2, 0.25) is 0 Å². The number of likely N-dealkylation sites (N-methyl/N-ethyl adjacent to an activating group) is 1. The van der Waals surface area contributed by atoms with Crippen molar-refractivity contribution in [3.05, 3.63) is 75.3 Å². The average molecular weight is 326 g/mol. The van der Waals surface area contributed by atoms with Gasteiger partial charge in [-0.1, -0.05) is 30.3 Å². The molecule has 2 aromatic rings. The van der Waals surface area contributed by atoms with Crippen molar-refractivity contribution in [1.82, 2.24) is 4.90 Å². The lowest BCUT2D eigenvalue weighted by Crippen LogP contribution is -2.42. The predicted molar refractivity (Wildman–Crippen MR) is 84.7 cm³/mol. The summed E-state index contributed by atoms with van der Waals surface area (Å²) in [6.45, 7) is 0. The summed E-state index contributed by atoms with van der Waals surface area (Å²) < 4.78 is 0. The number of nitro groups is 1. The highest BCUT2D eigenvalue weighted by atomic mass is 16.6. The van der Waals surface area contributed by atoms with E-state index in [2.05, 4.69) is 0 Å². The minimum Gasteiger partial charge on any atom is -0.481 e. The Balaban J connectivity index is 2.13. The van der Waals surface area contributed by atoms with Gasteiger partial charge in [0.25, 0.3) is 11.6 Å². The van der Waals surface area contributed by atoms with Crippen LogP contribution < -0.4 is 0 Å². The zero-order valence-electron chi connectivity index (χ0n) is 12.7. The number of fused-ring (bicyclic) bond motifs is 1. The highest BCUT2D eigenvalue weighted by Gasteiger charge is 2.42. The van der Waals surface area contributed by atoms with E-state index >= 15 is 0 Å². The second kappa shape index (κ2) is 5.77. The molecule has 0 bridgehead atoms. The zero-order valence-corrected chi connectivity index (χ0v) is 12.7. The molecule has 2 unspecified atom stereocenters. The van der Waals surface area contributed by atoms with E-state index in [0.29, 0.717) is 16.7 Å². The van der Waals surface area contributed by atoms with E-state index in [-0.39, 0.29) is 11.6 Å². The molecule has 1 amide bonds. The first kappa shape index (κ1) is 15.7. The Morgan fingerprint density at radius 3 is 2.38 bits per heavy atom. The quantitative estimate of drug-likeness (QED) is 0.690. The molecule has 1 heterocycles. The van der Waals surface area contributed by atoms with Crippen molar-refractivity contribution in [3.63, 3.8) is 0 Å². The predicted octanol–water partition coefficient (Wildman–Crippen LogP) is 2.59. The summed E-state index contributed by atoms with van der Waals surface area (Å²) in [5, 5.41) is 20.5. The lowest BCUT2D eigenvalue weighted by atomic mass is 9.80. The summed E-state index contributed by atoms with van der Waals surface area (Å²) in [7, 11) is 1.54. The molecule has 0 fully saturated rings. The Morgan fingerprint density at radius 1 is 1.17 bits per heavy atom. The van der Waals surface area contributed by atoms with Crippen LogP contribution in [0.5, 0.6) is 0 Å². The Morgan fingerprint density at radius 2 is 1.79 bits per heavy atom. The number of rotatable bonds is 3. The van der Waals surface area contributed by atoms with Gasteiger partial charge in [-0.2, -0.15) is 0 Å². The molecule has 0 aliphatic carbocycles. The summed E-state index contributed by atoms with van der Waals surface area (Å²) in [4.78, 5) is 36.1. The van der Waals surface area contributed by atoms with E-state index in [0.717, 1.165) is 0 Å². The van der Waals surface area contributed by atoms with E-state index < -0.39 is 22.9 Å². The second-order valence-corrected chi connectivity index (χ2v) is 5.61. The molecule has 122 valence electrons. The van der Waals surface area contributed by atoms with Crippen LogP contribution in [-0.2, 0) is 4.79 Å². The van der Waals surface area contributed by atoms with Crippen molar-refractivity contribution in [2.45, 2.75) is 12.0 Å². The topological polar surface area (TPSA) is 101 Å². The van der Waals surface area contributed by atoms with Gasteiger partial charge in [0.1, 0.15) is 5.92 Å². The number of amides is 1. The minimum atomic E-state index is -1.05. The molecule has 2 atom stereocenters. The summed E-state index contributed by atoms with van der Waals surface area (Å²) in [5.41, 5.74) is 1.27. The molecule has 7 heteroatoms. The molecule has 7 nitrogen and oxygen atoms in total. The molecule has 0 saturated heterocycles. The standard InChI is InChI=1S/C17H14N2O5/c1-18-15(10-6-8-11(9-7-10)19(23)24)14(17(21)22)12-4-2-3-5-13(12)16(18)20/h2-9,14-15H,1H3,(H,21,22). The number of nitrogens with zero attached hydrogens (tertiary/aromatic N) is 2. The Hall–Kier alpha value is -3.22. The van der Waals surface area contributed by atoms with E-state index in [9.17, 15) is 24.8 Å². The van der Waals surface area contributed by atoms with Crippen molar-refractivity contribution < 1.29 is 19.6 Å². The zero-order chi connectivity index (χ0) is 17.4. The van der Waals surface area contributed by atoms with Gasteiger partial charge in [-0.3, -0.25) is 19.7 Å². The van der Waals surface area contributed by atoms with E-state index in [1.54, 1.807) is 31.3 Å². The van der Waals surface area contributed by atoms with Crippen molar-refractivity contribution in [1.29, 1.82) is 0 Å². The van der Waals surface area contributed by atoms with E-state index in [4.69, 9.17) is 0 Å². The van der Waals surface area contributed by atoms with Gasteiger partial charge < -0.3 is 10.0 Å². The van der Waals surface area contributed by atoms with Crippen LogP contribution in [0.3, 0.4) is 0 Å². The monoisotopic (exact) mass is 326 g/mol. The maximum absolute atomic E-state index is 12.6. The Kier molecular flexibility index (Phi) is 3.76. The maximum atomic E-state index is 12.6. The number of nitro benzene ring substituents is 1. The molecular formula is C17H14N2O5. The summed E-state index contributed by atoms with van der Waals surface area (Å²) in [6, 6.07) is 11.5. The van der Waals surface area contributed by atoms with Crippen LogP contribution in [0.1, 0.15) is 33.4 Å². The molecule has 0 aromatic heterocycles. The highest BCUT2D eigenvalue weighted by Crippen LogP contribution is 2.42. The second-order valence-electron chi connectivity index (χ2n) is 5.61. The summed E-state index contributed by atoms with van der Waals surface area (Å²) in [6.07, 6.45) is 0. The minimum absolute atomic E-state index is 0.0872. The van der Waals surface area contributed by atoms with Gasteiger partial charge in [-0.15, -0.1) is 0 Å². The normalized spacial score (nSPS) is 19.7. The fourth-order valence-electron chi connectivity index (χ4n) is 3.15. The number of benzene rings is 2. The van der Waals surface area contributed by atoms with Crippen LogP contribution in [-0.4, -0.2) is 33.9 Å². The number of hydrogen-bond donors (Lipinski definition) is 1. The molecular weight excluding hydrogens is 312 g/mol. The van der Waals surface area contributed by atoms with Gasteiger partial charge >= 0.3 is 5.97 Å². The number of carbonyl (C=O) groups excluding carboxylic acids is 1. The number of carboxylic acids is 1. The number of non-ortho nitro benzene ring substituents is 1. The first-order valence-corrected chi connectivity index (χ1v) is 7.25. The number of aliphatic carboxylic acids is 1. The highest BCUT2D eigenvalue weighted by molar-refractivity contribution is 6.00. The number of hydrogen-bond acceptors (Lipinski definition) is 4. The van der Waals surface area contributed by atoms with Crippen molar-refractivity contribution in [2.75, 3.05) is 7.05 Å². The van der Waals surface area contributed by atoms with Crippen LogP contribution in [0.4, 0.5) is 5.69 Å². The fourth-order valence-corrected chi connectivity index (χ4v) is 3.15. The average Bonchev–Trinajstić information content (AvgIpc) is 2.57. The van der Waals surface area contributed by atoms with Crippen molar-refractivity contribution in [2.24, 2.45) is 0 Å². The van der Waals surface area contributed by atoms with E-state index in [1.807, 2.05) is 0 Å². The Bertz CT molecular complexity index is 831. The number of carboxylic acid groups (broad SMARTS) is 1. The molecule has 0 saturated carbocycles. The van der Waals surface area contributed by atoms with Gasteiger partial charge in [0, 0.05) is 24.7 Å². The SMILES string of the molecule is CN1C(=O)c2ccccc2C(C(=O)O)C1c1ccc([N+](=O)[O-])cc1. The summed E-state index contributed by atoms with van der Waals surface area (Å²) in [5.74, 6) is -2.26. The van der Waals surface area contributed by atoms with Gasteiger partial charge in [0.15, 0.2) is 0 Å². The third-order valence-corrected chi connectivity index (χ3v) is 4.29. The molecule has 1 aliphatic rings. The molecule has 24 heavy (non-hydrogen) atoms. The smallest absolute Gasteiger partial charge is 0.313 e. The molecule has 1 N–H and O–H groups in total. The van der Waals surface area contributed by atoms with Crippen LogP contribution in [0.2, 0.25) is 0 Å². The maximum Gasteiger partial charge on any atom is 0.313 e. The summed E-state index contributed by atoms with van der Waals surface area (Å²) >= 11 is 0. The van der Waals surface area contributed by atoms with E-state index in [1.165, 1.54) is 29.2 Å². The first-order valence-electron chi connectivity index (χ1n) is 7.25. The largest absolute Gasteiger partial charge is 0.481 e. The van der Waals surface area contributed by atoms with Crippen molar-refractivity contribution >= 4 is 17.6 Å². The van der Waals surface area contributed by atoms with Crippen LogP contribution >= 0.6 is 0 Å². The van der Waals surface area contributed by atoms with Crippen LogP contribution in [0.15, 0.2) is 48.5 Å². The lowest BCUT2D eigenvalue weighted by Gasteiger charge is -2.38. The van der Waals surface area contributed by atoms with Crippen molar-refractivity contribution in [3.8, 4) is 0 Å². The number of carbonyl (C=O) groups is 2. The van der Waals surface area contributed by atoms with Crippen LogP contribution in [0.25, 0.3) is 0 Å². The first-order chi connectivity index (χ1) is 11.4. The third kappa shape index (κ3) is 2.40. The van der Waals surface area contributed by atoms with Gasteiger partial charge in [0.05, 0.1) is 11.0 Å². The lowest BCUT2D eigenvalue weighted by molar-refractivity contribution is -0.384.